The second-order valence-electron chi connectivity index (χ2n) is 5.63. The number of benzene rings is 1. The van der Waals surface area contributed by atoms with Crippen LogP contribution in [0.3, 0.4) is 0 Å². The Bertz CT molecular complexity index is 732. The lowest BCUT2D eigenvalue weighted by Crippen LogP contribution is -2.46. The predicted molar refractivity (Wildman–Crippen MR) is 92.7 cm³/mol. The molecule has 1 atom stereocenters. The Kier molecular flexibility index (Phi) is 5.79. The number of rotatable bonds is 5. The molecule has 7 nitrogen and oxygen atoms in total. The number of nitrogens with one attached hydrogen (secondary N) is 1. The largest absolute Gasteiger partial charge is 0.503 e. The Hall–Kier alpha value is -2.41. The van der Waals surface area contributed by atoms with E-state index in [4.69, 9.17) is 21.1 Å². The van der Waals surface area contributed by atoms with Crippen LogP contribution in [-0.2, 0) is 9.53 Å². The molecule has 0 fully saturated rings. The highest BCUT2D eigenvalue weighted by molar-refractivity contribution is 6.32. The molecule has 1 heterocycles. The number of hydrogen-bond acceptors (Lipinski definition) is 5. The van der Waals surface area contributed by atoms with E-state index in [0.717, 1.165) is 0 Å². The Balaban J connectivity index is 2.55. The number of nitrogens with zero attached hydrogens (tertiary/aromatic N) is 1. The SMILES string of the molecule is CCCOC(=O)C1=C(C)N(C)C(=O)N[C@H]1c1cc(Cl)c(O)c(OC)c1. The van der Waals surface area contributed by atoms with Crippen LogP contribution in [0.5, 0.6) is 11.5 Å². The normalized spacial score (nSPS) is 17.4. The molecule has 1 aromatic rings. The minimum atomic E-state index is -0.764. The molecular weight excluding hydrogens is 348 g/mol. The fourth-order valence-electron chi connectivity index (χ4n) is 2.54. The van der Waals surface area contributed by atoms with Crippen molar-refractivity contribution in [2.45, 2.75) is 26.3 Å². The van der Waals surface area contributed by atoms with E-state index in [0.29, 0.717) is 23.3 Å². The molecule has 136 valence electrons. The molecule has 0 spiro atoms. The molecule has 0 radical (unpaired) electrons. The molecule has 2 rings (SSSR count). The van der Waals surface area contributed by atoms with Gasteiger partial charge in [0.15, 0.2) is 11.5 Å². The molecule has 0 saturated carbocycles. The van der Waals surface area contributed by atoms with Gasteiger partial charge in [0.2, 0.25) is 0 Å². The molecule has 1 aromatic carbocycles. The predicted octanol–water partition coefficient (Wildman–Crippen LogP) is 2.98. The van der Waals surface area contributed by atoms with Crippen LogP contribution in [0.1, 0.15) is 31.9 Å². The van der Waals surface area contributed by atoms with Crippen molar-refractivity contribution in [1.82, 2.24) is 10.2 Å². The maximum atomic E-state index is 12.5. The maximum Gasteiger partial charge on any atom is 0.338 e. The summed E-state index contributed by atoms with van der Waals surface area (Å²) in [6, 6.07) is 1.88. The number of phenolic OH excluding ortho intramolecular Hbond substituents is 1. The summed E-state index contributed by atoms with van der Waals surface area (Å²) < 4.78 is 10.4. The van der Waals surface area contributed by atoms with Crippen molar-refractivity contribution in [2.75, 3.05) is 20.8 Å². The molecule has 1 aliphatic heterocycles. The van der Waals surface area contributed by atoms with Crippen LogP contribution in [-0.4, -0.2) is 42.8 Å². The number of carbonyl (C=O) groups is 2. The summed E-state index contributed by atoms with van der Waals surface area (Å²) in [4.78, 5) is 26.1. The second kappa shape index (κ2) is 7.65. The smallest absolute Gasteiger partial charge is 0.338 e. The van der Waals surface area contributed by atoms with Gasteiger partial charge in [0.05, 0.1) is 30.4 Å². The Morgan fingerprint density at radius 1 is 1.44 bits per heavy atom. The zero-order valence-corrected chi connectivity index (χ0v) is 15.3. The molecule has 0 bridgehead atoms. The van der Waals surface area contributed by atoms with E-state index >= 15 is 0 Å². The monoisotopic (exact) mass is 368 g/mol. The average Bonchev–Trinajstić information content (AvgIpc) is 2.59. The number of methoxy groups -OCH3 is 1. The van der Waals surface area contributed by atoms with Crippen molar-refractivity contribution in [3.63, 3.8) is 0 Å². The van der Waals surface area contributed by atoms with Gasteiger partial charge in [-0.3, -0.25) is 0 Å². The van der Waals surface area contributed by atoms with Gasteiger partial charge >= 0.3 is 12.0 Å². The van der Waals surface area contributed by atoms with Crippen molar-refractivity contribution in [1.29, 1.82) is 0 Å². The van der Waals surface area contributed by atoms with E-state index in [9.17, 15) is 14.7 Å². The summed E-state index contributed by atoms with van der Waals surface area (Å²) in [5.41, 5.74) is 1.29. The lowest BCUT2D eigenvalue weighted by molar-refractivity contribution is -0.139. The molecule has 8 heteroatoms. The average molecular weight is 369 g/mol. The van der Waals surface area contributed by atoms with E-state index in [1.165, 1.54) is 24.1 Å². The molecule has 25 heavy (non-hydrogen) atoms. The number of allylic oxidation sites excluding steroid dienone is 1. The van der Waals surface area contributed by atoms with Gasteiger partial charge in [0, 0.05) is 12.7 Å². The minimum absolute atomic E-state index is 0.0569. The number of carbonyl (C=O) groups excluding carboxylic acids is 2. The van der Waals surface area contributed by atoms with Crippen LogP contribution in [0.4, 0.5) is 4.79 Å². The lowest BCUT2D eigenvalue weighted by atomic mass is 9.94. The number of esters is 1. The summed E-state index contributed by atoms with van der Waals surface area (Å²) >= 11 is 6.04. The van der Waals surface area contributed by atoms with Crippen molar-refractivity contribution < 1.29 is 24.2 Å². The summed E-state index contributed by atoms with van der Waals surface area (Å²) in [6.45, 7) is 3.85. The van der Waals surface area contributed by atoms with Crippen LogP contribution in [0, 0.1) is 0 Å². The zero-order chi connectivity index (χ0) is 18.7. The van der Waals surface area contributed by atoms with Crippen LogP contribution >= 0.6 is 11.6 Å². The van der Waals surface area contributed by atoms with Gasteiger partial charge in [-0.2, -0.15) is 0 Å². The van der Waals surface area contributed by atoms with Crippen LogP contribution in [0.2, 0.25) is 5.02 Å². The van der Waals surface area contributed by atoms with E-state index in [1.807, 2.05) is 6.92 Å². The van der Waals surface area contributed by atoms with Gasteiger partial charge in [-0.25, -0.2) is 9.59 Å². The molecule has 1 aliphatic rings. The van der Waals surface area contributed by atoms with Crippen LogP contribution < -0.4 is 10.1 Å². The van der Waals surface area contributed by atoms with Crippen molar-refractivity contribution in [3.8, 4) is 11.5 Å². The highest BCUT2D eigenvalue weighted by Crippen LogP contribution is 2.39. The fraction of sp³-hybridized carbons (Fsp3) is 0.412. The lowest BCUT2D eigenvalue weighted by Gasteiger charge is -2.33. The van der Waals surface area contributed by atoms with Gasteiger partial charge < -0.3 is 24.8 Å². The van der Waals surface area contributed by atoms with Crippen molar-refractivity contribution in [3.05, 3.63) is 34.0 Å². The van der Waals surface area contributed by atoms with Gasteiger partial charge in [-0.15, -0.1) is 0 Å². The Morgan fingerprint density at radius 2 is 2.12 bits per heavy atom. The minimum Gasteiger partial charge on any atom is -0.503 e. The van der Waals surface area contributed by atoms with Crippen molar-refractivity contribution >= 4 is 23.6 Å². The molecule has 0 unspecified atom stereocenters. The molecule has 2 N–H and O–H groups in total. The number of phenols is 1. The quantitative estimate of drug-likeness (QED) is 0.780. The second-order valence-corrected chi connectivity index (χ2v) is 6.04. The topological polar surface area (TPSA) is 88.1 Å². The van der Waals surface area contributed by atoms with Gasteiger partial charge in [0.25, 0.3) is 0 Å². The number of hydrogen-bond donors (Lipinski definition) is 2. The van der Waals surface area contributed by atoms with E-state index in [-0.39, 0.29) is 29.2 Å². The first kappa shape index (κ1) is 18.9. The zero-order valence-electron chi connectivity index (χ0n) is 14.6. The third-order valence-electron chi connectivity index (χ3n) is 4.02. The summed E-state index contributed by atoms with van der Waals surface area (Å²) in [6.07, 6.45) is 0.684. The summed E-state index contributed by atoms with van der Waals surface area (Å²) in [5.74, 6) is -0.572. The highest BCUT2D eigenvalue weighted by atomic mass is 35.5. The molecule has 0 saturated heterocycles. The Labute approximate surface area is 151 Å². The number of aromatic hydroxyl groups is 1. The molecule has 0 aliphatic carbocycles. The number of ether oxygens (including phenoxy) is 2. The first-order valence-electron chi connectivity index (χ1n) is 7.80. The molecule has 0 aromatic heterocycles. The van der Waals surface area contributed by atoms with Gasteiger partial charge in [-0.1, -0.05) is 18.5 Å². The third kappa shape index (κ3) is 3.66. The van der Waals surface area contributed by atoms with Crippen LogP contribution in [0.15, 0.2) is 23.4 Å². The number of halogens is 1. The standard InChI is InChI=1S/C17H21ClN2O5/c1-5-6-25-16(22)13-9(2)20(3)17(23)19-14(13)10-7-11(18)15(21)12(8-10)24-4/h7-8,14,21H,5-6H2,1-4H3,(H,19,23)/t14-/m0/s1. The van der Waals surface area contributed by atoms with E-state index < -0.39 is 12.0 Å². The van der Waals surface area contributed by atoms with Crippen LogP contribution in [0.25, 0.3) is 0 Å². The van der Waals surface area contributed by atoms with E-state index in [1.54, 1.807) is 14.0 Å². The number of urea groups is 1. The first-order chi connectivity index (χ1) is 11.8. The maximum absolute atomic E-state index is 12.5. The summed E-state index contributed by atoms with van der Waals surface area (Å²) in [7, 11) is 2.96. The molecule has 2 amide bonds. The third-order valence-corrected chi connectivity index (χ3v) is 4.30. The molecular formula is C17H21ClN2O5. The fourth-order valence-corrected chi connectivity index (χ4v) is 2.76. The van der Waals surface area contributed by atoms with Gasteiger partial charge in [-0.05, 0) is 31.0 Å². The van der Waals surface area contributed by atoms with Gasteiger partial charge in [0.1, 0.15) is 0 Å². The first-order valence-corrected chi connectivity index (χ1v) is 8.18. The highest BCUT2D eigenvalue weighted by Gasteiger charge is 2.35. The summed E-state index contributed by atoms with van der Waals surface area (Å²) in [5, 5.41) is 12.7. The van der Waals surface area contributed by atoms with E-state index in [2.05, 4.69) is 5.32 Å². The van der Waals surface area contributed by atoms with Crippen molar-refractivity contribution in [2.24, 2.45) is 0 Å². The Morgan fingerprint density at radius 3 is 2.72 bits per heavy atom. The number of amides is 2.